The van der Waals surface area contributed by atoms with Crippen molar-refractivity contribution in [2.24, 2.45) is 15.7 Å². The van der Waals surface area contributed by atoms with Crippen LogP contribution in [0.5, 0.6) is 0 Å². The van der Waals surface area contributed by atoms with E-state index in [9.17, 15) is 0 Å². The normalized spacial score (nSPS) is 17.6. The minimum atomic E-state index is -0.121. The van der Waals surface area contributed by atoms with Gasteiger partial charge < -0.3 is 11.1 Å². The molecule has 0 unspecified atom stereocenters. The molecule has 0 bridgehead atoms. The van der Waals surface area contributed by atoms with Gasteiger partial charge in [0.1, 0.15) is 6.34 Å². The van der Waals surface area contributed by atoms with Crippen LogP contribution in [0.1, 0.15) is 13.8 Å². The molecule has 0 saturated heterocycles. The topological polar surface area (TPSA) is 62.8 Å². The Morgan fingerprint density at radius 2 is 2.40 bits per heavy atom. The highest BCUT2D eigenvalue weighted by Gasteiger charge is 2.25. The molecule has 1 aliphatic rings. The largest absolute Gasteiger partial charge is 0.376 e. The van der Waals surface area contributed by atoms with E-state index in [0.717, 1.165) is 23.8 Å². The SMILES string of the molecule is CC1(C)N=CN=C1CSCCNC(N)=S. The molecule has 0 saturated carbocycles. The van der Waals surface area contributed by atoms with E-state index >= 15 is 0 Å². The van der Waals surface area contributed by atoms with Crippen molar-refractivity contribution in [3.05, 3.63) is 0 Å². The van der Waals surface area contributed by atoms with Crippen molar-refractivity contribution in [3.63, 3.8) is 0 Å². The Labute approximate surface area is 99.8 Å². The molecule has 0 spiro atoms. The Morgan fingerprint density at radius 1 is 1.67 bits per heavy atom. The first kappa shape index (κ1) is 12.4. The van der Waals surface area contributed by atoms with Crippen LogP contribution < -0.4 is 11.1 Å². The Hall–Kier alpha value is -0.620. The lowest BCUT2D eigenvalue weighted by Crippen LogP contribution is -2.31. The van der Waals surface area contributed by atoms with Crippen LogP contribution in [0, 0.1) is 0 Å². The van der Waals surface area contributed by atoms with Crippen molar-refractivity contribution in [3.8, 4) is 0 Å². The number of thioether (sulfide) groups is 1. The Balaban J connectivity index is 2.14. The van der Waals surface area contributed by atoms with Crippen LogP contribution in [0.2, 0.25) is 0 Å². The number of thiocarbonyl (C=S) groups is 1. The molecular formula is C9H16N4S2. The van der Waals surface area contributed by atoms with E-state index in [1.54, 1.807) is 18.1 Å². The molecule has 0 aromatic heterocycles. The van der Waals surface area contributed by atoms with E-state index < -0.39 is 0 Å². The zero-order valence-electron chi connectivity index (χ0n) is 8.99. The van der Waals surface area contributed by atoms with Crippen molar-refractivity contribution < 1.29 is 0 Å². The third-order valence-electron chi connectivity index (χ3n) is 2.08. The fraction of sp³-hybridized carbons (Fsp3) is 0.667. The standard InChI is InChI=1S/C9H16N4S2/c1-9(2)7(12-6-13-9)5-15-4-3-11-8(10)14/h6H,3-5H2,1-2H3,(H3,10,11,14). The average Bonchev–Trinajstić information content (AvgIpc) is 2.44. The fourth-order valence-electron chi connectivity index (χ4n) is 1.10. The quantitative estimate of drug-likeness (QED) is 0.555. The van der Waals surface area contributed by atoms with E-state index in [1.165, 1.54) is 0 Å². The summed E-state index contributed by atoms with van der Waals surface area (Å²) in [6, 6.07) is 0. The van der Waals surface area contributed by atoms with Gasteiger partial charge in [-0.05, 0) is 26.1 Å². The highest BCUT2D eigenvalue weighted by Crippen LogP contribution is 2.18. The number of nitrogens with zero attached hydrogens (tertiary/aromatic N) is 2. The summed E-state index contributed by atoms with van der Waals surface area (Å²) in [6.45, 7) is 4.95. The summed E-state index contributed by atoms with van der Waals surface area (Å²) in [5, 5.41) is 3.27. The highest BCUT2D eigenvalue weighted by atomic mass is 32.2. The van der Waals surface area contributed by atoms with Gasteiger partial charge in [0.2, 0.25) is 0 Å². The lowest BCUT2D eigenvalue weighted by atomic mass is 10.0. The van der Waals surface area contributed by atoms with Crippen molar-refractivity contribution in [1.82, 2.24) is 5.32 Å². The first-order chi connectivity index (χ1) is 7.02. The molecule has 15 heavy (non-hydrogen) atoms. The van der Waals surface area contributed by atoms with Crippen molar-refractivity contribution >= 4 is 41.1 Å². The van der Waals surface area contributed by atoms with Crippen LogP contribution in [-0.2, 0) is 0 Å². The Kier molecular flexibility index (Phi) is 4.53. The van der Waals surface area contributed by atoms with Crippen molar-refractivity contribution in [2.75, 3.05) is 18.1 Å². The molecule has 3 N–H and O–H groups in total. The molecule has 1 aliphatic heterocycles. The monoisotopic (exact) mass is 244 g/mol. The maximum absolute atomic E-state index is 5.31. The molecule has 6 heteroatoms. The minimum absolute atomic E-state index is 0.121. The molecule has 0 amide bonds. The maximum Gasteiger partial charge on any atom is 0.163 e. The van der Waals surface area contributed by atoms with E-state index in [1.807, 2.05) is 0 Å². The summed E-state index contributed by atoms with van der Waals surface area (Å²) < 4.78 is 0. The van der Waals surface area contributed by atoms with E-state index in [-0.39, 0.29) is 5.54 Å². The van der Waals surface area contributed by atoms with E-state index in [4.69, 9.17) is 18.0 Å². The minimum Gasteiger partial charge on any atom is -0.376 e. The van der Waals surface area contributed by atoms with Crippen LogP contribution in [0.3, 0.4) is 0 Å². The number of aliphatic imine (C=N–C) groups is 2. The average molecular weight is 244 g/mol. The van der Waals surface area contributed by atoms with Gasteiger partial charge in [-0.15, -0.1) is 0 Å². The summed E-state index contributed by atoms with van der Waals surface area (Å²) >= 11 is 6.51. The molecule has 0 aliphatic carbocycles. The molecule has 1 heterocycles. The van der Waals surface area contributed by atoms with Gasteiger partial charge in [-0.2, -0.15) is 11.8 Å². The Morgan fingerprint density at radius 3 is 2.93 bits per heavy atom. The van der Waals surface area contributed by atoms with Gasteiger partial charge in [-0.3, -0.25) is 4.99 Å². The number of rotatable bonds is 5. The lowest BCUT2D eigenvalue weighted by molar-refractivity contribution is 0.716. The molecule has 0 fully saturated rings. The molecule has 0 atom stereocenters. The molecule has 4 nitrogen and oxygen atoms in total. The number of nitrogens with two attached hydrogens (primary N) is 1. The van der Waals surface area contributed by atoms with Crippen LogP contribution >= 0.6 is 24.0 Å². The van der Waals surface area contributed by atoms with E-state index in [2.05, 4.69) is 29.1 Å². The van der Waals surface area contributed by atoms with Gasteiger partial charge in [0.05, 0.1) is 11.3 Å². The molecule has 1 rings (SSSR count). The van der Waals surface area contributed by atoms with E-state index in [0.29, 0.717) is 5.11 Å². The van der Waals surface area contributed by atoms with Crippen LogP contribution in [0.25, 0.3) is 0 Å². The molecule has 0 aromatic rings. The van der Waals surface area contributed by atoms with Gasteiger partial charge in [-0.25, -0.2) is 4.99 Å². The van der Waals surface area contributed by atoms with Gasteiger partial charge in [0, 0.05) is 18.1 Å². The summed E-state index contributed by atoms with van der Waals surface area (Å²) in [4.78, 5) is 8.53. The van der Waals surface area contributed by atoms with Gasteiger partial charge in [-0.1, -0.05) is 0 Å². The lowest BCUT2D eigenvalue weighted by Gasteiger charge is -2.16. The third kappa shape index (κ3) is 4.17. The second-order valence-electron chi connectivity index (χ2n) is 3.72. The van der Waals surface area contributed by atoms with Crippen LogP contribution in [0.15, 0.2) is 9.98 Å². The second-order valence-corrected chi connectivity index (χ2v) is 5.27. The summed E-state index contributed by atoms with van der Waals surface area (Å²) in [5.74, 6) is 1.87. The molecule has 0 aromatic carbocycles. The van der Waals surface area contributed by atoms with Crippen molar-refractivity contribution in [2.45, 2.75) is 19.4 Å². The summed E-state index contributed by atoms with van der Waals surface area (Å²) in [7, 11) is 0. The smallest absolute Gasteiger partial charge is 0.163 e. The summed E-state index contributed by atoms with van der Waals surface area (Å²) in [6.07, 6.45) is 1.64. The van der Waals surface area contributed by atoms with Crippen molar-refractivity contribution in [1.29, 1.82) is 0 Å². The molecule has 84 valence electrons. The third-order valence-corrected chi connectivity index (χ3v) is 3.20. The maximum atomic E-state index is 5.31. The fourth-order valence-corrected chi connectivity index (χ4v) is 2.22. The zero-order valence-corrected chi connectivity index (χ0v) is 10.6. The molecular weight excluding hydrogens is 228 g/mol. The van der Waals surface area contributed by atoms with Crippen LogP contribution in [-0.4, -0.2) is 40.8 Å². The predicted molar refractivity (Wildman–Crippen MR) is 72.1 cm³/mol. The summed E-state index contributed by atoms with van der Waals surface area (Å²) in [5.41, 5.74) is 6.31. The molecule has 0 radical (unpaired) electrons. The highest BCUT2D eigenvalue weighted by molar-refractivity contribution is 8.00. The van der Waals surface area contributed by atoms with Gasteiger partial charge in [0.15, 0.2) is 5.11 Å². The van der Waals surface area contributed by atoms with Gasteiger partial charge >= 0.3 is 0 Å². The number of hydrogen-bond donors (Lipinski definition) is 2. The number of hydrogen-bond acceptors (Lipinski definition) is 4. The first-order valence-corrected chi connectivity index (χ1v) is 6.30. The van der Waals surface area contributed by atoms with Crippen LogP contribution in [0.4, 0.5) is 0 Å². The van der Waals surface area contributed by atoms with Gasteiger partial charge in [0.25, 0.3) is 0 Å². The first-order valence-electron chi connectivity index (χ1n) is 4.74. The Bertz CT molecular complexity index is 296. The second kappa shape index (κ2) is 5.46. The number of nitrogens with one attached hydrogen (secondary N) is 1. The predicted octanol–water partition coefficient (Wildman–Crippen LogP) is 0.814. The zero-order chi connectivity index (χ0) is 11.3.